The average Bonchev–Trinajstić information content (AvgIpc) is 1.68. The third-order valence-electron chi connectivity index (χ3n) is 0.384. The largest absolute Gasteiger partial charge is 0.233 e. The lowest BCUT2D eigenvalue weighted by molar-refractivity contribution is 0.599. The molecule has 0 fully saturated rings. The van der Waals surface area contributed by atoms with E-state index >= 15 is 0 Å². The van der Waals surface area contributed by atoms with Gasteiger partial charge >= 0.3 is 0 Å². The first-order chi connectivity index (χ1) is 3.12. The van der Waals surface area contributed by atoms with Gasteiger partial charge in [0, 0.05) is 5.41 Å². The van der Waals surface area contributed by atoms with Crippen LogP contribution in [0.3, 0.4) is 0 Å². The van der Waals surface area contributed by atoms with Crippen molar-refractivity contribution in [2.45, 2.75) is 0 Å². The summed E-state index contributed by atoms with van der Waals surface area (Å²) < 4.78 is 21.6. The zero-order valence-corrected chi connectivity index (χ0v) is 4.40. The van der Waals surface area contributed by atoms with Crippen LogP contribution in [0.15, 0.2) is 12.0 Å². The monoisotopic (exact) mass is 119 g/mol. The van der Waals surface area contributed by atoms with Gasteiger partial charge in [0.1, 0.15) is 0 Å². The first-order valence-corrected chi connectivity index (χ1v) is 3.02. The van der Waals surface area contributed by atoms with Crippen molar-refractivity contribution < 1.29 is 8.42 Å². The molecule has 7 heavy (non-hydrogen) atoms. The molecule has 3 nitrogen and oxygen atoms in total. The van der Waals surface area contributed by atoms with E-state index in [1.165, 1.54) is 0 Å². The Morgan fingerprint density at radius 1 is 1.71 bits per heavy atom. The molecular weight excluding hydrogens is 114 g/mol. The van der Waals surface area contributed by atoms with E-state index in [0.29, 0.717) is 0 Å². The lowest BCUT2D eigenvalue weighted by atomic mass is 11.3. The predicted octanol–water partition coefficient (Wildman–Crippen LogP) is -0.282. The molecule has 0 unspecified atom stereocenters. The Kier molecular flexibility index (Phi) is 1.98. The highest BCUT2D eigenvalue weighted by atomic mass is 32.2. The standard InChI is InChI=1S/C3H5NO2S/c1-3-7(5,6)4-2/h2-4H,1H2. The molecule has 0 aliphatic heterocycles. The second-order valence-electron chi connectivity index (χ2n) is 0.830. The number of nitrogens with one attached hydrogen (secondary N) is 1. The van der Waals surface area contributed by atoms with Crippen molar-refractivity contribution in [2.24, 2.45) is 0 Å². The number of rotatable bonds is 2. The SMILES string of the molecule is [CH]NS(=O)(=O)C=C. The maximum Gasteiger partial charge on any atom is 0.233 e. The molecule has 0 rings (SSSR count). The van der Waals surface area contributed by atoms with Gasteiger partial charge in [-0.2, -0.15) is 0 Å². The lowest BCUT2D eigenvalue weighted by Crippen LogP contribution is -2.11. The molecule has 0 aliphatic rings. The normalized spacial score (nSPS) is 11.0. The van der Waals surface area contributed by atoms with Crippen molar-refractivity contribution in [1.82, 2.24) is 4.72 Å². The molecule has 0 saturated heterocycles. The summed E-state index contributed by atoms with van der Waals surface area (Å²) >= 11 is 0. The minimum atomic E-state index is -3.37. The Labute approximate surface area is 43.1 Å². The minimum absolute atomic E-state index is 0.729. The highest BCUT2D eigenvalue weighted by molar-refractivity contribution is 7.92. The van der Waals surface area contributed by atoms with E-state index in [2.05, 4.69) is 13.6 Å². The molecule has 0 aromatic heterocycles. The first kappa shape index (κ1) is 6.65. The summed E-state index contributed by atoms with van der Waals surface area (Å²) in [6.07, 6.45) is 0. The van der Waals surface area contributed by atoms with E-state index < -0.39 is 10.0 Å². The van der Waals surface area contributed by atoms with Crippen LogP contribution in [0, 0.1) is 7.05 Å². The van der Waals surface area contributed by atoms with Crippen molar-refractivity contribution >= 4 is 10.0 Å². The summed E-state index contributed by atoms with van der Waals surface area (Å²) in [5.74, 6) is 0. The van der Waals surface area contributed by atoms with Gasteiger partial charge in [-0.15, -0.1) is 0 Å². The van der Waals surface area contributed by atoms with Gasteiger partial charge in [0.25, 0.3) is 0 Å². The van der Waals surface area contributed by atoms with Gasteiger partial charge in [-0.1, -0.05) is 6.58 Å². The summed E-state index contributed by atoms with van der Waals surface area (Å²) in [5.41, 5.74) is 0. The van der Waals surface area contributed by atoms with Crippen molar-refractivity contribution in [2.75, 3.05) is 0 Å². The summed E-state index contributed by atoms with van der Waals surface area (Å²) in [6, 6.07) is 0. The Morgan fingerprint density at radius 3 is 2.14 bits per heavy atom. The second-order valence-corrected chi connectivity index (χ2v) is 2.49. The molecular formula is C3H5NO2S. The first-order valence-electron chi connectivity index (χ1n) is 1.47. The van der Waals surface area contributed by atoms with Crippen LogP contribution in [0.5, 0.6) is 0 Å². The van der Waals surface area contributed by atoms with Crippen LogP contribution >= 0.6 is 0 Å². The van der Waals surface area contributed by atoms with E-state index in [-0.39, 0.29) is 0 Å². The third kappa shape index (κ3) is 2.36. The number of hydrogen-bond donors (Lipinski definition) is 1. The molecule has 0 saturated carbocycles. The Hall–Kier alpha value is -0.350. The van der Waals surface area contributed by atoms with Crippen LogP contribution in [-0.2, 0) is 10.0 Å². The molecule has 0 amide bonds. The fourth-order valence-electron chi connectivity index (χ4n) is 0.0481. The van der Waals surface area contributed by atoms with Crippen LogP contribution < -0.4 is 4.72 Å². The van der Waals surface area contributed by atoms with E-state index in [1.807, 2.05) is 0 Å². The Morgan fingerprint density at radius 2 is 2.14 bits per heavy atom. The van der Waals surface area contributed by atoms with Crippen LogP contribution in [0.4, 0.5) is 0 Å². The number of hydrogen-bond acceptors (Lipinski definition) is 2. The van der Waals surface area contributed by atoms with Crippen LogP contribution in [0.25, 0.3) is 0 Å². The number of sulfonamides is 1. The topological polar surface area (TPSA) is 46.2 Å². The van der Waals surface area contributed by atoms with Gasteiger partial charge in [0.05, 0.1) is 7.05 Å². The molecule has 40 valence electrons. The minimum Gasteiger partial charge on any atom is -0.208 e. The summed E-state index contributed by atoms with van der Waals surface area (Å²) in [7, 11) is 1.14. The molecule has 0 atom stereocenters. The van der Waals surface area contributed by atoms with E-state index in [1.54, 1.807) is 4.72 Å². The summed E-state index contributed by atoms with van der Waals surface area (Å²) in [5, 5.41) is 0.729. The van der Waals surface area contributed by atoms with Gasteiger partial charge < -0.3 is 0 Å². The van der Waals surface area contributed by atoms with Crippen molar-refractivity contribution in [3.63, 3.8) is 0 Å². The molecule has 0 spiro atoms. The highest BCUT2D eigenvalue weighted by Gasteiger charge is 1.93. The zero-order valence-electron chi connectivity index (χ0n) is 3.59. The molecule has 1 N–H and O–H groups in total. The third-order valence-corrected chi connectivity index (χ3v) is 1.15. The fourth-order valence-corrected chi connectivity index (χ4v) is 0.144. The average molecular weight is 119 g/mol. The van der Waals surface area contributed by atoms with E-state index in [4.69, 9.17) is 0 Å². The molecule has 0 aromatic carbocycles. The predicted molar refractivity (Wildman–Crippen MR) is 26.6 cm³/mol. The zero-order chi connectivity index (χ0) is 5.91. The van der Waals surface area contributed by atoms with Crippen molar-refractivity contribution in [1.29, 1.82) is 0 Å². The smallest absolute Gasteiger partial charge is 0.208 e. The highest BCUT2D eigenvalue weighted by Crippen LogP contribution is 1.77. The van der Waals surface area contributed by atoms with Gasteiger partial charge in [0.2, 0.25) is 10.0 Å². The molecule has 0 heterocycles. The lowest BCUT2D eigenvalue weighted by Gasteiger charge is -1.86. The molecule has 2 radical (unpaired) electrons. The van der Waals surface area contributed by atoms with Crippen LogP contribution in [0.2, 0.25) is 0 Å². The van der Waals surface area contributed by atoms with Gasteiger partial charge in [0.15, 0.2) is 0 Å². The van der Waals surface area contributed by atoms with Crippen molar-refractivity contribution in [3.8, 4) is 0 Å². The quantitative estimate of drug-likeness (QED) is 0.508. The summed E-state index contributed by atoms with van der Waals surface area (Å²) in [4.78, 5) is 0. The molecule has 4 heteroatoms. The fraction of sp³-hybridized carbons (Fsp3) is 0. The molecule has 0 aliphatic carbocycles. The molecule has 0 bridgehead atoms. The van der Waals surface area contributed by atoms with Gasteiger partial charge in [-0.3, -0.25) is 0 Å². The maximum atomic E-state index is 10.0. The second kappa shape index (κ2) is 2.09. The van der Waals surface area contributed by atoms with Crippen LogP contribution in [0.1, 0.15) is 0 Å². The van der Waals surface area contributed by atoms with E-state index in [0.717, 1.165) is 5.41 Å². The van der Waals surface area contributed by atoms with Gasteiger partial charge in [-0.05, 0) is 0 Å². The Balaban J connectivity index is 4.17. The Bertz CT molecular complexity index is 146. The molecule has 0 aromatic rings. The van der Waals surface area contributed by atoms with Crippen molar-refractivity contribution in [3.05, 3.63) is 19.0 Å². The van der Waals surface area contributed by atoms with E-state index in [9.17, 15) is 8.42 Å². The maximum absolute atomic E-state index is 10.0. The summed E-state index contributed by atoms with van der Waals surface area (Å²) in [6.45, 7) is 2.97. The van der Waals surface area contributed by atoms with Gasteiger partial charge in [-0.25, -0.2) is 13.1 Å². The van der Waals surface area contributed by atoms with Crippen LogP contribution in [-0.4, -0.2) is 8.42 Å².